The third-order valence-corrected chi connectivity index (χ3v) is 11.9. The number of aromatic nitrogens is 4. The monoisotopic (exact) mass is 1040 g/mol. The van der Waals surface area contributed by atoms with Crippen molar-refractivity contribution in [1.82, 2.24) is 14.0 Å². The number of fused-ring (bicyclic) bond motifs is 5. The molecule has 0 fully saturated rings. The molecule has 1 aliphatic heterocycles. The van der Waals surface area contributed by atoms with E-state index in [9.17, 15) is 0 Å². The molecule has 1 aliphatic rings. The second kappa shape index (κ2) is 17.0. The molecule has 0 atom stereocenters. The molecule has 8 heteroatoms. The van der Waals surface area contributed by atoms with Crippen molar-refractivity contribution in [3.8, 4) is 45.1 Å². The molecule has 3 heterocycles. The average molecular weight is 1040 g/mol. The molecule has 0 saturated heterocycles. The minimum Gasteiger partial charge on any atom is -0.510 e. The predicted octanol–water partition coefficient (Wildman–Crippen LogP) is 11.8. The summed E-state index contributed by atoms with van der Waals surface area (Å²) in [6.45, 7) is 4.16. The summed E-state index contributed by atoms with van der Waals surface area (Å²) in [6.07, 6.45) is 3.41. The molecule has 2 aromatic heterocycles. The summed E-state index contributed by atoms with van der Waals surface area (Å²) >= 11 is 0. The van der Waals surface area contributed by atoms with E-state index < -0.39 is 60.4 Å². The molecule has 0 spiro atoms. The summed E-state index contributed by atoms with van der Waals surface area (Å²) < 4.78 is 99.5. The number of hydrogen-bond donors (Lipinski definition) is 0. The molecule has 0 aliphatic carbocycles. The van der Waals surface area contributed by atoms with Gasteiger partial charge in [0.2, 0.25) is 5.95 Å². The number of imidazole rings is 2. The van der Waals surface area contributed by atoms with Crippen LogP contribution in [0, 0.1) is 32.3 Å². The minimum absolute atomic E-state index is 0. The van der Waals surface area contributed by atoms with Crippen molar-refractivity contribution >= 4 is 57.2 Å². The van der Waals surface area contributed by atoms with Crippen LogP contribution < -0.4 is 25.1 Å². The summed E-state index contributed by atoms with van der Waals surface area (Å²) in [4.78, 5) is 7.38. The van der Waals surface area contributed by atoms with Crippen LogP contribution in [0.25, 0.3) is 55.7 Å². The number of ether oxygens (including phenoxy) is 1. The zero-order chi connectivity index (χ0) is 52.1. The van der Waals surface area contributed by atoms with Gasteiger partial charge in [0.25, 0.3) is 6.33 Å². The van der Waals surface area contributed by atoms with Gasteiger partial charge in [-0.05, 0) is 70.9 Å². The number of para-hydroxylation sites is 6. The topological polar surface area (TPSA) is 39.1 Å². The normalized spacial score (nSPS) is 14.0. The van der Waals surface area contributed by atoms with Gasteiger partial charge in [-0.15, -0.1) is 30.3 Å². The predicted molar refractivity (Wildman–Crippen MR) is 263 cm³/mol. The summed E-state index contributed by atoms with van der Waals surface area (Å²) in [5.74, 6) is 1.49. The molecular weight excluding hydrogens is 989 g/mol. The first-order chi connectivity index (χ1) is 36.2. The van der Waals surface area contributed by atoms with Crippen molar-refractivity contribution in [3.63, 3.8) is 0 Å². The molecule has 0 unspecified atom stereocenters. The number of rotatable bonds is 8. The van der Waals surface area contributed by atoms with Gasteiger partial charge < -0.3 is 18.7 Å². The molecule has 6 nitrogen and oxygen atoms in total. The Morgan fingerprint density at radius 2 is 1.17 bits per heavy atom. The van der Waals surface area contributed by atoms with Crippen LogP contribution in [0.3, 0.4) is 0 Å². The number of nitrogens with zero attached hydrogens (tertiary/aromatic N) is 5. The Balaban J connectivity index is 0.00000616. The van der Waals surface area contributed by atoms with E-state index in [4.69, 9.17) is 23.4 Å². The quantitative estimate of drug-likeness (QED) is 0.0865. The molecule has 0 bridgehead atoms. The maximum absolute atomic E-state index is 9.04. The Labute approximate surface area is 413 Å². The zero-order valence-electron chi connectivity index (χ0n) is 45.4. The fourth-order valence-corrected chi connectivity index (χ4v) is 9.13. The van der Waals surface area contributed by atoms with E-state index in [-0.39, 0.29) is 55.9 Å². The Hall–Kier alpha value is -7.73. The van der Waals surface area contributed by atoms with Gasteiger partial charge >= 0.3 is 6.85 Å². The van der Waals surface area contributed by atoms with Crippen molar-refractivity contribution in [2.24, 2.45) is 0 Å². The molecule has 11 aromatic rings. The fourth-order valence-electron chi connectivity index (χ4n) is 9.13. The Morgan fingerprint density at radius 3 is 1.88 bits per heavy atom. The van der Waals surface area contributed by atoms with Crippen molar-refractivity contribution in [2.75, 3.05) is 4.90 Å². The molecular formula is C58H40BN5OPt-2. The Kier molecular flexibility index (Phi) is 8.04. The summed E-state index contributed by atoms with van der Waals surface area (Å²) in [5.41, 5.74) is 9.99. The van der Waals surface area contributed by atoms with E-state index in [2.05, 4.69) is 84.2 Å². The maximum atomic E-state index is 9.04. The van der Waals surface area contributed by atoms with Crippen molar-refractivity contribution < 1.29 is 44.1 Å². The summed E-state index contributed by atoms with van der Waals surface area (Å²) in [5, 5.41) is 0. The van der Waals surface area contributed by atoms with Crippen LogP contribution in [-0.2, 0) is 21.1 Å². The van der Waals surface area contributed by atoms with E-state index in [1.54, 1.807) is 39.5 Å². The van der Waals surface area contributed by atoms with Crippen LogP contribution in [0.1, 0.15) is 24.8 Å². The first-order valence-corrected chi connectivity index (χ1v) is 21.1. The molecule has 66 heavy (non-hydrogen) atoms. The SMILES string of the molecule is [2H]c1c([2H])c([2H])c(-c2cccc(-c3c([2H])c([2H])c([2H])c([2H])c3[2H])c2-[n+]2[c-]n(-c3[c-]c(Oc4[c-]c(N5c6ccccc6B(c6c(C)cccc6C)n6c5nc5ccccc56)ccc4)ccc3)c3ccccc32)c([2H])c1[2H].[Pt]. The molecule has 9 aromatic carbocycles. The van der Waals surface area contributed by atoms with Crippen LogP contribution in [0.4, 0.5) is 17.3 Å². The molecule has 0 saturated carbocycles. The maximum Gasteiger partial charge on any atom is 0.333 e. The van der Waals surface area contributed by atoms with Crippen molar-refractivity contribution in [3.05, 3.63) is 236 Å². The van der Waals surface area contributed by atoms with E-state index in [1.165, 1.54) is 16.6 Å². The first-order valence-electron chi connectivity index (χ1n) is 26.1. The van der Waals surface area contributed by atoms with Crippen LogP contribution in [0.15, 0.2) is 206 Å². The van der Waals surface area contributed by atoms with Crippen LogP contribution in [0.5, 0.6) is 11.5 Å². The van der Waals surface area contributed by atoms with Gasteiger partial charge in [0.1, 0.15) is 0 Å². The van der Waals surface area contributed by atoms with Crippen LogP contribution in [0.2, 0.25) is 0 Å². The number of benzene rings is 9. The molecule has 0 N–H and O–H groups in total. The third kappa shape index (κ3) is 6.95. The molecule has 0 radical (unpaired) electrons. The smallest absolute Gasteiger partial charge is 0.333 e. The van der Waals surface area contributed by atoms with Gasteiger partial charge in [-0.2, -0.15) is 18.2 Å². The average Bonchev–Trinajstić information content (AvgIpc) is 4.01. The van der Waals surface area contributed by atoms with Gasteiger partial charge in [-0.1, -0.05) is 168 Å². The van der Waals surface area contributed by atoms with Crippen LogP contribution in [-0.4, -0.2) is 20.9 Å². The van der Waals surface area contributed by atoms with Gasteiger partial charge in [0, 0.05) is 38.3 Å². The van der Waals surface area contributed by atoms with Gasteiger partial charge in [0.05, 0.1) is 41.5 Å². The van der Waals surface area contributed by atoms with Crippen molar-refractivity contribution in [1.29, 1.82) is 0 Å². The molecule has 0 amide bonds. The van der Waals surface area contributed by atoms with E-state index >= 15 is 0 Å². The van der Waals surface area contributed by atoms with Crippen molar-refractivity contribution in [2.45, 2.75) is 13.8 Å². The van der Waals surface area contributed by atoms with Gasteiger partial charge in [-0.3, -0.25) is 4.57 Å². The minimum atomic E-state index is -0.574. The second-order valence-electron chi connectivity index (χ2n) is 15.7. The zero-order valence-corrected chi connectivity index (χ0v) is 37.7. The largest absolute Gasteiger partial charge is 0.510 e. The fraction of sp³-hybridized carbons (Fsp3) is 0.0345. The Bertz CT molecular complexity index is 4040. The number of hydrogen-bond acceptors (Lipinski definition) is 3. The molecule has 318 valence electrons. The van der Waals surface area contributed by atoms with Crippen LogP contribution >= 0.6 is 0 Å². The van der Waals surface area contributed by atoms with E-state index in [0.29, 0.717) is 33.9 Å². The first kappa shape index (κ1) is 31.2. The van der Waals surface area contributed by atoms with E-state index in [0.717, 1.165) is 28.1 Å². The Morgan fingerprint density at radius 1 is 0.591 bits per heavy atom. The summed E-state index contributed by atoms with van der Waals surface area (Å²) in [7, 11) is 0. The molecule has 12 rings (SSSR count). The summed E-state index contributed by atoms with van der Waals surface area (Å²) in [6, 6.07) is 47.8. The van der Waals surface area contributed by atoms with E-state index in [1.807, 2.05) is 72.8 Å². The van der Waals surface area contributed by atoms with Gasteiger partial charge in [0.15, 0.2) is 0 Å². The van der Waals surface area contributed by atoms with Gasteiger partial charge in [-0.25, -0.2) is 4.98 Å². The standard InChI is InChI=1S/C58H40BN5O.Pt/c1-40-19-15-20-41(2)56(40)59-50-31-9-11-33-52(50)63(58-60-51-32-10-12-34-53(51)64(58)59)45-26-17-28-47(38-45)65-46-27-16-25-44(37-46)61-39-62(55-36-14-13-35-54(55)61)57-48(42-21-5-3-6-22-42)29-18-30-49(57)43-23-7-4-8-24-43;/h3-36H,1-2H3;/q-2;/i3D,4D,5D,6D,7D,8D,21D,22D,23D,24D;. The number of aryl methyl sites for hydroxylation is 2. The second-order valence-corrected chi connectivity index (χ2v) is 15.7. The number of anilines is 3. The third-order valence-electron chi connectivity index (χ3n) is 11.9.